The first-order valence-electron chi connectivity index (χ1n) is 7.94. The van der Waals surface area contributed by atoms with Gasteiger partial charge in [-0.05, 0) is 44.5 Å². The number of ether oxygens (including phenoxy) is 1. The molecule has 0 aromatic heterocycles. The quantitative estimate of drug-likeness (QED) is 0.785. The fraction of sp³-hybridized carbons (Fsp3) is 0.316. The van der Waals surface area contributed by atoms with Gasteiger partial charge in [0.1, 0.15) is 11.3 Å². The predicted octanol–water partition coefficient (Wildman–Crippen LogP) is 3.90. The molecule has 2 aromatic carbocycles. The molecule has 3 N–H and O–H groups in total. The van der Waals surface area contributed by atoms with Crippen molar-refractivity contribution in [3.63, 3.8) is 0 Å². The van der Waals surface area contributed by atoms with Crippen LogP contribution in [0.3, 0.4) is 0 Å². The fourth-order valence-electron chi connectivity index (χ4n) is 2.48. The Hall–Kier alpha value is -1.85. The molecule has 0 aliphatic carbocycles. The van der Waals surface area contributed by atoms with Gasteiger partial charge in [0.05, 0.1) is 12.6 Å². The van der Waals surface area contributed by atoms with E-state index in [0.29, 0.717) is 6.61 Å². The van der Waals surface area contributed by atoms with Gasteiger partial charge in [-0.25, -0.2) is 0 Å². The smallest absolute Gasteiger partial charge is 0.244 e. The Morgan fingerprint density at radius 2 is 1.88 bits per heavy atom. The molecule has 128 valence electrons. The highest BCUT2D eigenvalue weighted by atomic mass is 79.9. The first-order chi connectivity index (χ1) is 11.4. The maximum Gasteiger partial charge on any atom is 0.244 e. The molecule has 0 aliphatic heterocycles. The molecule has 0 spiro atoms. The molecule has 0 radical (unpaired) electrons. The predicted molar refractivity (Wildman–Crippen MR) is 99.9 cm³/mol. The van der Waals surface area contributed by atoms with E-state index in [1.165, 1.54) is 0 Å². The van der Waals surface area contributed by atoms with Crippen LogP contribution in [0.4, 0.5) is 0 Å². The lowest BCUT2D eigenvalue weighted by molar-refractivity contribution is -0.126. The molecule has 24 heavy (non-hydrogen) atoms. The van der Waals surface area contributed by atoms with Crippen LogP contribution in [0.5, 0.6) is 5.75 Å². The molecule has 0 saturated heterocycles. The summed E-state index contributed by atoms with van der Waals surface area (Å²) in [5.41, 5.74) is 6.87. The molecule has 4 nitrogen and oxygen atoms in total. The number of amides is 1. The summed E-state index contributed by atoms with van der Waals surface area (Å²) in [6.07, 6.45) is 0. The molecule has 0 heterocycles. The summed E-state index contributed by atoms with van der Waals surface area (Å²) in [5.74, 6) is 0.541. The Labute approximate surface area is 151 Å². The standard InChI is InChI=1S/C19H23BrN2O2/c1-4-24-17-8-6-5-7-16(17)13(2)22-18(23)19(3,21)14-9-11-15(20)12-10-14/h5-13H,4,21H2,1-3H3,(H,22,23). The minimum atomic E-state index is -1.12. The molecule has 5 heteroatoms. The van der Waals surface area contributed by atoms with Crippen LogP contribution in [-0.2, 0) is 10.3 Å². The van der Waals surface area contributed by atoms with Crippen molar-refractivity contribution < 1.29 is 9.53 Å². The third kappa shape index (κ3) is 4.16. The van der Waals surface area contributed by atoms with E-state index in [0.717, 1.165) is 21.3 Å². The van der Waals surface area contributed by atoms with Crippen LogP contribution in [0.25, 0.3) is 0 Å². The van der Waals surface area contributed by atoms with Crippen LogP contribution in [0.15, 0.2) is 53.0 Å². The number of nitrogens with one attached hydrogen (secondary N) is 1. The van der Waals surface area contributed by atoms with Crippen molar-refractivity contribution in [2.45, 2.75) is 32.4 Å². The van der Waals surface area contributed by atoms with Crippen molar-refractivity contribution in [2.24, 2.45) is 5.73 Å². The van der Waals surface area contributed by atoms with E-state index in [-0.39, 0.29) is 11.9 Å². The number of para-hydroxylation sites is 1. The minimum absolute atomic E-state index is 0.210. The fourth-order valence-corrected chi connectivity index (χ4v) is 2.74. The first kappa shape index (κ1) is 18.5. The Kier molecular flexibility index (Phi) is 6.02. The van der Waals surface area contributed by atoms with Gasteiger partial charge in [0.2, 0.25) is 5.91 Å². The Morgan fingerprint density at radius 3 is 2.50 bits per heavy atom. The Bertz CT molecular complexity index is 699. The lowest BCUT2D eigenvalue weighted by Gasteiger charge is -2.27. The van der Waals surface area contributed by atoms with Gasteiger partial charge in [-0.2, -0.15) is 0 Å². The van der Waals surface area contributed by atoms with E-state index in [4.69, 9.17) is 10.5 Å². The lowest BCUT2D eigenvalue weighted by atomic mass is 9.91. The number of hydrogen-bond acceptors (Lipinski definition) is 3. The highest BCUT2D eigenvalue weighted by molar-refractivity contribution is 9.10. The number of hydrogen-bond donors (Lipinski definition) is 2. The largest absolute Gasteiger partial charge is 0.494 e. The molecule has 0 saturated carbocycles. The molecule has 1 amide bonds. The average molecular weight is 391 g/mol. The third-order valence-electron chi connectivity index (χ3n) is 3.95. The second-order valence-corrected chi connectivity index (χ2v) is 6.79. The van der Waals surface area contributed by atoms with Gasteiger partial charge in [-0.1, -0.05) is 46.3 Å². The normalized spacial score (nSPS) is 14.5. The van der Waals surface area contributed by atoms with Gasteiger partial charge in [0, 0.05) is 10.0 Å². The topological polar surface area (TPSA) is 64.3 Å². The summed E-state index contributed by atoms with van der Waals surface area (Å²) in [5, 5.41) is 2.99. The highest BCUT2D eigenvalue weighted by Gasteiger charge is 2.31. The summed E-state index contributed by atoms with van der Waals surface area (Å²) >= 11 is 3.39. The number of nitrogens with two attached hydrogens (primary N) is 1. The van der Waals surface area contributed by atoms with Gasteiger partial charge in [-0.3, -0.25) is 4.79 Å². The van der Waals surface area contributed by atoms with E-state index >= 15 is 0 Å². The van der Waals surface area contributed by atoms with Crippen LogP contribution in [0.2, 0.25) is 0 Å². The number of benzene rings is 2. The molecule has 2 atom stereocenters. The van der Waals surface area contributed by atoms with Crippen LogP contribution < -0.4 is 15.8 Å². The van der Waals surface area contributed by atoms with E-state index in [1.807, 2.05) is 62.4 Å². The summed E-state index contributed by atoms with van der Waals surface area (Å²) in [6, 6.07) is 14.9. The van der Waals surface area contributed by atoms with Crippen molar-refractivity contribution in [3.8, 4) is 5.75 Å². The molecule has 0 aliphatic rings. The van der Waals surface area contributed by atoms with Crippen LogP contribution in [-0.4, -0.2) is 12.5 Å². The highest BCUT2D eigenvalue weighted by Crippen LogP contribution is 2.27. The third-order valence-corrected chi connectivity index (χ3v) is 4.48. The molecule has 2 aromatic rings. The van der Waals surface area contributed by atoms with Crippen molar-refractivity contribution >= 4 is 21.8 Å². The van der Waals surface area contributed by atoms with Crippen LogP contribution >= 0.6 is 15.9 Å². The maximum absolute atomic E-state index is 12.7. The zero-order chi connectivity index (χ0) is 17.7. The second kappa shape index (κ2) is 7.81. The lowest BCUT2D eigenvalue weighted by Crippen LogP contribution is -2.49. The van der Waals surface area contributed by atoms with E-state index in [1.54, 1.807) is 6.92 Å². The van der Waals surface area contributed by atoms with Gasteiger partial charge in [-0.15, -0.1) is 0 Å². The van der Waals surface area contributed by atoms with Crippen molar-refractivity contribution in [2.75, 3.05) is 6.61 Å². The van der Waals surface area contributed by atoms with Gasteiger partial charge < -0.3 is 15.8 Å². The van der Waals surface area contributed by atoms with Crippen LogP contribution in [0.1, 0.15) is 37.9 Å². The van der Waals surface area contributed by atoms with Crippen LogP contribution in [0, 0.1) is 0 Å². The minimum Gasteiger partial charge on any atom is -0.494 e. The summed E-state index contributed by atoms with van der Waals surface area (Å²) in [7, 11) is 0. The summed E-state index contributed by atoms with van der Waals surface area (Å²) in [4.78, 5) is 12.7. The molecule has 0 fully saturated rings. The van der Waals surface area contributed by atoms with E-state index in [9.17, 15) is 4.79 Å². The van der Waals surface area contributed by atoms with Gasteiger partial charge in [0.25, 0.3) is 0 Å². The van der Waals surface area contributed by atoms with Gasteiger partial charge >= 0.3 is 0 Å². The zero-order valence-electron chi connectivity index (χ0n) is 14.2. The summed E-state index contributed by atoms with van der Waals surface area (Å²) in [6.45, 7) is 6.15. The molecule has 2 unspecified atom stereocenters. The Morgan fingerprint density at radius 1 is 1.25 bits per heavy atom. The number of rotatable bonds is 6. The second-order valence-electron chi connectivity index (χ2n) is 5.88. The first-order valence-corrected chi connectivity index (χ1v) is 8.73. The Balaban J connectivity index is 2.17. The molecule has 0 bridgehead atoms. The monoisotopic (exact) mass is 390 g/mol. The van der Waals surface area contributed by atoms with Gasteiger partial charge in [0.15, 0.2) is 0 Å². The molecule has 2 rings (SSSR count). The number of carbonyl (C=O) groups excluding carboxylic acids is 1. The van der Waals surface area contributed by atoms with Crippen molar-refractivity contribution in [1.29, 1.82) is 0 Å². The van der Waals surface area contributed by atoms with Crippen molar-refractivity contribution in [3.05, 3.63) is 64.1 Å². The maximum atomic E-state index is 12.7. The molecular weight excluding hydrogens is 368 g/mol. The SMILES string of the molecule is CCOc1ccccc1C(C)NC(=O)C(C)(N)c1ccc(Br)cc1. The van der Waals surface area contributed by atoms with E-state index < -0.39 is 5.54 Å². The summed E-state index contributed by atoms with van der Waals surface area (Å²) < 4.78 is 6.58. The van der Waals surface area contributed by atoms with E-state index in [2.05, 4.69) is 21.2 Å². The van der Waals surface area contributed by atoms with Crippen molar-refractivity contribution in [1.82, 2.24) is 5.32 Å². The molecular formula is C19H23BrN2O2. The zero-order valence-corrected chi connectivity index (χ0v) is 15.8. The average Bonchev–Trinajstić information content (AvgIpc) is 2.56. The number of carbonyl (C=O) groups is 1. The number of halogens is 1.